The van der Waals surface area contributed by atoms with Gasteiger partial charge in [0.05, 0.1) is 13.2 Å². The molecule has 0 saturated carbocycles. The van der Waals surface area contributed by atoms with Crippen molar-refractivity contribution in [1.29, 1.82) is 0 Å². The Hall–Kier alpha value is -1.65. The maximum absolute atomic E-state index is 13.4. The number of aliphatic hydroxyl groups is 1. The molecule has 0 aromatic heterocycles. The molecule has 3 nitrogen and oxygen atoms in total. The molecule has 0 bridgehead atoms. The second-order valence-corrected chi connectivity index (χ2v) is 5.24. The number of benzene rings is 2. The van der Waals surface area contributed by atoms with Gasteiger partial charge in [0.2, 0.25) is 0 Å². The zero-order valence-corrected chi connectivity index (χ0v) is 11.4. The fourth-order valence-electron chi connectivity index (χ4n) is 2.84. The first-order valence-corrected chi connectivity index (χ1v) is 6.78. The van der Waals surface area contributed by atoms with Crippen LogP contribution in [0.2, 0.25) is 0 Å². The molecule has 2 atom stereocenters. The number of hydrogen-bond acceptors (Lipinski definition) is 3. The Morgan fingerprint density at radius 3 is 2.75 bits per heavy atom. The van der Waals surface area contributed by atoms with Gasteiger partial charge in [-0.2, -0.15) is 0 Å². The molecule has 0 radical (unpaired) electrons. The molecule has 1 aliphatic heterocycles. The van der Waals surface area contributed by atoms with Crippen molar-refractivity contribution in [3.63, 3.8) is 0 Å². The summed E-state index contributed by atoms with van der Waals surface area (Å²) in [5.74, 6) is 0.806. The lowest BCUT2D eigenvalue weighted by Crippen LogP contribution is -2.22. The molecule has 2 aromatic rings. The van der Waals surface area contributed by atoms with Gasteiger partial charge >= 0.3 is 0 Å². The summed E-state index contributed by atoms with van der Waals surface area (Å²) < 4.78 is 18.9. The number of hydrogen-bond donors (Lipinski definition) is 1. The third-order valence-corrected chi connectivity index (χ3v) is 3.89. The number of halogens is 1. The first-order valence-electron chi connectivity index (χ1n) is 6.78. The Kier molecular flexibility index (Phi) is 3.59. The second-order valence-electron chi connectivity index (χ2n) is 5.24. The Morgan fingerprint density at radius 2 is 2.05 bits per heavy atom. The van der Waals surface area contributed by atoms with Crippen LogP contribution < -0.4 is 4.74 Å². The van der Waals surface area contributed by atoms with Crippen molar-refractivity contribution in [2.75, 3.05) is 20.2 Å². The number of nitrogens with zero attached hydrogens (tertiary/aromatic N) is 1. The number of ether oxygens (including phenoxy) is 1. The Balaban J connectivity index is 1.97. The van der Waals surface area contributed by atoms with Gasteiger partial charge in [0.25, 0.3) is 0 Å². The van der Waals surface area contributed by atoms with Gasteiger partial charge in [-0.1, -0.05) is 30.3 Å². The second kappa shape index (κ2) is 5.38. The molecule has 1 N–H and O–H groups in total. The minimum Gasteiger partial charge on any atom is -0.496 e. The van der Waals surface area contributed by atoms with Crippen molar-refractivity contribution in [3.05, 3.63) is 42.0 Å². The maximum atomic E-state index is 13.4. The van der Waals surface area contributed by atoms with E-state index in [9.17, 15) is 9.50 Å². The van der Waals surface area contributed by atoms with E-state index in [1.54, 1.807) is 7.11 Å². The lowest BCUT2D eigenvalue weighted by Gasteiger charge is -2.18. The number of aliphatic hydroxyl groups excluding tert-OH is 1. The van der Waals surface area contributed by atoms with Crippen LogP contribution in [0.5, 0.6) is 5.75 Å². The van der Waals surface area contributed by atoms with Crippen LogP contribution in [0.4, 0.5) is 4.39 Å². The van der Waals surface area contributed by atoms with Crippen LogP contribution in [0, 0.1) is 0 Å². The van der Waals surface area contributed by atoms with E-state index in [4.69, 9.17) is 4.74 Å². The van der Waals surface area contributed by atoms with Gasteiger partial charge in [0.15, 0.2) is 0 Å². The largest absolute Gasteiger partial charge is 0.496 e. The van der Waals surface area contributed by atoms with E-state index in [1.807, 2.05) is 35.2 Å². The van der Waals surface area contributed by atoms with Crippen molar-refractivity contribution in [3.8, 4) is 5.75 Å². The first kappa shape index (κ1) is 13.3. The van der Waals surface area contributed by atoms with Gasteiger partial charge in [-0.15, -0.1) is 0 Å². The summed E-state index contributed by atoms with van der Waals surface area (Å²) in [4.78, 5) is 1.93. The van der Waals surface area contributed by atoms with Gasteiger partial charge in [0, 0.05) is 25.2 Å². The van der Waals surface area contributed by atoms with E-state index in [-0.39, 0.29) is 6.54 Å². The van der Waals surface area contributed by atoms with E-state index in [1.165, 1.54) is 0 Å². The fourth-order valence-corrected chi connectivity index (χ4v) is 2.84. The van der Waals surface area contributed by atoms with Crippen LogP contribution in [0.1, 0.15) is 5.56 Å². The van der Waals surface area contributed by atoms with Crippen molar-refractivity contribution in [2.24, 2.45) is 0 Å². The highest BCUT2D eigenvalue weighted by atomic mass is 19.1. The van der Waals surface area contributed by atoms with Gasteiger partial charge in [-0.25, -0.2) is 4.39 Å². The van der Waals surface area contributed by atoms with Crippen LogP contribution >= 0.6 is 0 Å². The summed E-state index contributed by atoms with van der Waals surface area (Å²) in [7, 11) is 1.64. The Labute approximate surface area is 117 Å². The third-order valence-electron chi connectivity index (χ3n) is 3.89. The topological polar surface area (TPSA) is 32.7 Å². The van der Waals surface area contributed by atoms with Gasteiger partial charge in [-0.05, 0) is 16.8 Å². The Bertz CT molecular complexity index is 606. The third kappa shape index (κ3) is 2.37. The van der Waals surface area contributed by atoms with Crippen LogP contribution in [0.25, 0.3) is 10.8 Å². The summed E-state index contributed by atoms with van der Waals surface area (Å²) in [6.45, 7) is 1.23. The molecule has 20 heavy (non-hydrogen) atoms. The van der Waals surface area contributed by atoms with Crippen LogP contribution in [-0.2, 0) is 6.54 Å². The van der Waals surface area contributed by atoms with Crippen molar-refractivity contribution >= 4 is 10.8 Å². The van der Waals surface area contributed by atoms with E-state index in [2.05, 4.69) is 6.07 Å². The van der Waals surface area contributed by atoms with E-state index >= 15 is 0 Å². The quantitative estimate of drug-likeness (QED) is 0.933. The molecule has 2 aromatic carbocycles. The molecule has 1 aliphatic rings. The predicted molar refractivity (Wildman–Crippen MR) is 76.7 cm³/mol. The van der Waals surface area contributed by atoms with Gasteiger partial charge in [-0.3, -0.25) is 4.90 Å². The van der Waals surface area contributed by atoms with Gasteiger partial charge in [0.1, 0.15) is 11.9 Å². The highest BCUT2D eigenvalue weighted by molar-refractivity contribution is 5.87. The zero-order chi connectivity index (χ0) is 14.1. The summed E-state index contributed by atoms with van der Waals surface area (Å²) >= 11 is 0. The number of likely N-dealkylation sites (tertiary alicyclic amines) is 1. The van der Waals surface area contributed by atoms with Crippen molar-refractivity contribution in [2.45, 2.75) is 18.8 Å². The molecular formula is C16H18FNO2. The highest BCUT2D eigenvalue weighted by Gasteiger charge is 2.31. The standard InChI is InChI=1S/C16H18FNO2/c1-20-16-7-6-11-4-2-3-5-12(11)13(16)8-18-9-14(17)15(19)10-18/h2-7,14-15,19H,8-10H2,1H3/t14-,15-/m1/s1. The highest BCUT2D eigenvalue weighted by Crippen LogP contribution is 2.30. The number of β-amino-alcohol motifs (C(OH)–C–C–N with tert-alkyl or cyclic N) is 1. The molecule has 1 saturated heterocycles. The average Bonchev–Trinajstić information content (AvgIpc) is 2.78. The minimum absolute atomic E-state index is 0.271. The van der Waals surface area contributed by atoms with E-state index < -0.39 is 12.3 Å². The molecular weight excluding hydrogens is 257 g/mol. The molecule has 0 aliphatic carbocycles. The molecule has 1 heterocycles. The maximum Gasteiger partial charge on any atom is 0.140 e. The van der Waals surface area contributed by atoms with Gasteiger partial charge < -0.3 is 9.84 Å². The van der Waals surface area contributed by atoms with Crippen molar-refractivity contribution < 1.29 is 14.2 Å². The fraction of sp³-hybridized carbons (Fsp3) is 0.375. The number of rotatable bonds is 3. The Morgan fingerprint density at radius 1 is 1.25 bits per heavy atom. The lowest BCUT2D eigenvalue weighted by molar-refractivity contribution is 0.115. The molecule has 0 spiro atoms. The molecule has 4 heteroatoms. The average molecular weight is 275 g/mol. The van der Waals surface area contributed by atoms with Crippen LogP contribution in [-0.4, -0.2) is 42.5 Å². The minimum atomic E-state index is -1.16. The summed E-state index contributed by atoms with van der Waals surface area (Å²) in [6.07, 6.45) is -2.04. The number of fused-ring (bicyclic) bond motifs is 1. The molecule has 3 rings (SSSR count). The first-order chi connectivity index (χ1) is 9.69. The summed E-state index contributed by atoms with van der Waals surface area (Å²) in [5, 5.41) is 11.8. The monoisotopic (exact) mass is 275 g/mol. The van der Waals surface area contributed by atoms with Crippen molar-refractivity contribution in [1.82, 2.24) is 4.90 Å². The smallest absolute Gasteiger partial charge is 0.140 e. The summed E-state index contributed by atoms with van der Waals surface area (Å²) in [5.41, 5.74) is 1.05. The summed E-state index contributed by atoms with van der Waals surface area (Å²) in [6, 6.07) is 12.0. The predicted octanol–water partition coefficient (Wildman–Crippen LogP) is 2.36. The van der Waals surface area contributed by atoms with Crippen LogP contribution in [0.15, 0.2) is 36.4 Å². The number of methoxy groups -OCH3 is 1. The lowest BCUT2D eigenvalue weighted by atomic mass is 10.0. The molecule has 106 valence electrons. The molecule has 1 fully saturated rings. The number of alkyl halides is 1. The molecule has 0 unspecified atom stereocenters. The van der Waals surface area contributed by atoms with E-state index in [0.29, 0.717) is 13.1 Å². The zero-order valence-electron chi connectivity index (χ0n) is 11.4. The normalized spacial score (nSPS) is 23.4. The van der Waals surface area contributed by atoms with Crippen LogP contribution in [0.3, 0.4) is 0 Å². The SMILES string of the molecule is COc1ccc2ccccc2c1CN1C[C@@H](O)[C@H](F)C1. The molecule has 0 amide bonds. The van der Waals surface area contributed by atoms with E-state index in [0.717, 1.165) is 22.1 Å².